The Hall–Kier alpha value is -3.79. The monoisotopic (exact) mass is 467 g/mol. The van der Waals surface area contributed by atoms with Gasteiger partial charge in [-0.1, -0.05) is 24.9 Å². The van der Waals surface area contributed by atoms with E-state index in [1.807, 2.05) is 6.92 Å². The number of furan rings is 1. The third-order valence-corrected chi connectivity index (χ3v) is 8.19. The fraction of sp³-hybridized carbons (Fsp3) is 0.261. The molecule has 0 aliphatic carbocycles. The van der Waals surface area contributed by atoms with Crippen molar-refractivity contribution in [3.63, 3.8) is 0 Å². The molecule has 33 heavy (non-hydrogen) atoms. The lowest BCUT2D eigenvalue weighted by Gasteiger charge is -2.17. The van der Waals surface area contributed by atoms with Gasteiger partial charge in [0.15, 0.2) is 11.4 Å². The van der Waals surface area contributed by atoms with E-state index in [2.05, 4.69) is 52.3 Å². The Kier molecular flexibility index (Phi) is 5.85. The van der Waals surface area contributed by atoms with Gasteiger partial charge in [0, 0.05) is 6.07 Å². The molecular weight excluding hydrogens is 442 g/mol. The Morgan fingerprint density at radius 1 is 1.03 bits per heavy atom. The zero-order valence-electron chi connectivity index (χ0n) is 19.3. The van der Waals surface area contributed by atoms with Crippen molar-refractivity contribution in [3.05, 3.63) is 46.9 Å². The van der Waals surface area contributed by atoms with Crippen LogP contribution < -0.4 is 29.5 Å². The predicted octanol–water partition coefficient (Wildman–Crippen LogP) is 3.93. The first-order valence-electron chi connectivity index (χ1n) is 10.2. The van der Waals surface area contributed by atoms with Gasteiger partial charge in [-0.25, -0.2) is 0 Å². The third-order valence-electron chi connectivity index (χ3n) is 5.37. The SMILES string of the molecule is COc1nc(OC)c(NC(=O)c2ccc(Oc3cc4c(cc3C)C=C[Si]4(C)C)o2)c(OC)n1. The summed E-state index contributed by atoms with van der Waals surface area (Å²) >= 11 is 0. The van der Waals surface area contributed by atoms with E-state index in [-0.39, 0.29) is 35.2 Å². The van der Waals surface area contributed by atoms with Crippen molar-refractivity contribution in [2.75, 3.05) is 26.6 Å². The van der Waals surface area contributed by atoms with Crippen LogP contribution in [-0.2, 0) is 0 Å². The van der Waals surface area contributed by atoms with Crippen LogP contribution in [0.4, 0.5) is 5.69 Å². The van der Waals surface area contributed by atoms with E-state index in [9.17, 15) is 4.79 Å². The standard InChI is InChI=1S/C23H25N3O6Si/c1-13-11-14-9-10-33(5,6)17(14)12-16(13)32-18-8-7-15(31-18)20(27)24-19-21(28-2)25-23(30-4)26-22(19)29-3/h7-12H,1-6H3,(H,24,27). The molecule has 10 heteroatoms. The van der Waals surface area contributed by atoms with Crippen LogP contribution in [-0.4, -0.2) is 45.3 Å². The number of aromatic nitrogens is 2. The quantitative estimate of drug-likeness (QED) is 0.521. The van der Waals surface area contributed by atoms with E-state index in [1.54, 1.807) is 6.07 Å². The number of benzene rings is 1. The summed E-state index contributed by atoms with van der Waals surface area (Å²) in [6.45, 7) is 6.56. The third kappa shape index (κ3) is 4.29. The minimum absolute atomic E-state index is 0.0418. The minimum atomic E-state index is -1.61. The molecule has 9 nitrogen and oxygen atoms in total. The number of nitrogens with zero attached hydrogens (tertiary/aromatic N) is 2. The van der Waals surface area contributed by atoms with Gasteiger partial charge in [0.25, 0.3) is 11.9 Å². The second-order valence-electron chi connectivity index (χ2n) is 8.04. The van der Waals surface area contributed by atoms with E-state index < -0.39 is 14.0 Å². The summed E-state index contributed by atoms with van der Waals surface area (Å²) in [7, 11) is 2.62. The van der Waals surface area contributed by atoms with E-state index in [1.165, 1.54) is 38.1 Å². The van der Waals surface area contributed by atoms with Gasteiger partial charge in [-0.05, 0) is 41.4 Å². The highest BCUT2D eigenvalue weighted by Gasteiger charge is 2.28. The Balaban J connectivity index is 1.55. The molecule has 0 unspecified atom stereocenters. The van der Waals surface area contributed by atoms with Crippen LogP contribution in [0, 0.1) is 6.92 Å². The highest BCUT2D eigenvalue weighted by molar-refractivity contribution is 6.96. The van der Waals surface area contributed by atoms with Crippen LogP contribution in [0.3, 0.4) is 0 Å². The van der Waals surface area contributed by atoms with Gasteiger partial charge < -0.3 is 28.7 Å². The number of nitrogens with one attached hydrogen (secondary N) is 1. The van der Waals surface area contributed by atoms with E-state index in [0.29, 0.717) is 5.75 Å². The number of anilines is 1. The number of hydrogen-bond donors (Lipinski definition) is 1. The molecule has 2 aromatic heterocycles. The number of ether oxygens (including phenoxy) is 4. The van der Waals surface area contributed by atoms with Crippen molar-refractivity contribution >= 4 is 30.9 Å². The topological polar surface area (TPSA) is 105 Å². The van der Waals surface area contributed by atoms with Crippen LogP contribution in [0.5, 0.6) is 29.5 Å². The second kappa shape index (κ2) is 8.62. The van der Waals surface area contributed by atoms with Crippen molar-refractivity contribution < 1.29 is 28.2 Å². The Bertz CT molecular complexity index is 1230. The van der Waals surface area contributed by atoms with Gasteiger partial charge in [-0.2, -0.15) is 9.97 Å². The highest BCUT2D eigenvalue weighted by atomic mass is 28.3. The lowest BCUT2D eigenvalue weighted by molar-refractivity contribution is 0.0990. The fourth-order valence-corrected chi connectivity index (χ4v) is 5.76. The molecule has 1 aliphatic heterocycles. The first-order chi connectivity index (χ1) is 15.7. The molecule has 1 aromatic carbocycles. The van der Waals surface area contributed by atoms with Gasteiger partial charge in [-0.15, -0.1) is 0 Å². The Labute approximate surface area is 192 Å². The van der Waals surface area contributed by atoms with Crippen LogP contribution >= 0.6 is 0 Å². The van der Waals surface area contributed by atoms with Gasteiger partial charge in [0.1, 0.15) is 13.8 Å². The number of carbonyl (C=O) groups is 1. The first-order valence-corrected chi connectivity index (χ1v) is 13.3. The molecule has 0 spiro atoms. The lowest BCUT2D eigenvalue weighted by atomic mass is 10.1. The van der Waals surface area contributed by atoms with Crippen LogP contribution in [0.25, 0.3) is 6.08 Å². The number of amides is 1. The highest BCUT2D eigenvalue weighted by Crippen LogP contribution is 2.34. The largest absolute Gasteiger partial charge is 0.479 e. The van der Waals surface area contributed by atoms with Crippen molar-refractivity contribution in [1.29, 1.82) is 0 Å². The maximum atomic E-state index is 12.8. The molecule has 1 aliphatic rings. The van der Waals surface area contributed by atoms with Gasteiger partial charge >= 0.3 is 6.01 Å². The van der Waals surface area contributed by atoms with Crippen molar-refractivity contribution in [2.24, 2.45) is 0 Å². The van der Waals surface area contributed by atoms with E-state index in [4.69, 9.17) is 23.4 Å². The molecular formula is C23H25N3O6Si. The molecule has 3 heterocycles. The maximum Gasteiger partial charge on any atom is 0.322 e. The van der Waals surface area contributed by atoms with Gasteiger partial charge in [-0.3, -0.25) is 4.79 Å². The summed E-state index contributed by atoms with van der Waals surface area (Å²) in [6.07, 6.45) is 2.18. The Morgan fingerprint density at radius 3 is 2.36 bits per heavy atom. The van der Waals surface area contributed by atoms with Gasteiger partial charge in [0.05, 0.1) is 21.3 Å². The average molecular weight is 468 g/mol. The summed E-state index contributed by atoms with van der Waals surface area (Å²) in [5, 5.41) is 3.97. The first kappa shape index (κ1) is 22.4. The van der Waals surface area contributed by atoms with E-state index in [0.717, 1.165) is 5.56 Å². The van der Waals surface area contributed by atoms with Crippen molar-refractivity contribution in [2.45, 2.75) is 20.0 Å². The molecule has 0 saturated carbocycles. The fourth-order valence-electron chi connectivity index (χ4n) is 3.58. The number of hydrogen-bond acceptors (Lipinski definition) is 8. The van der Waals surface area contributed by atoms with Crippen LogP contribution in [0.15, 0.2) is 34.4 Å². The second-order valence-corrected chi connectivity index (χ2v) is 12.4. The van der Waals surface area contributed by atoms with Crippen LogP contribution in [0.2, 0.25) is 13.1 Å². The summed E-state index contributed by atoms with van der Waals surface area (Å²) in [6, 6.07) is 7.35. The van der Waals surface area contributed by atoms with Crippen molar-refractivity contribution in [1.82, 2.24) is 9.97 Å². The number of methoxy groups -OCH3 is 3. The maximum absolute atomic E-state index is 12.8. The zero-order chi connectivity index (χ0) is 23.8. The van der Waals surface area contributed by atoms with Crippen molar-refractivity contribution in [3.8, 4) is 29.5 Å². The molecule has 1 amide bonds. The molecule has 0 fully saturated rings. The van der Waals surface area contributed by atoms with E-state index >= 15 is 0 Å². The molecule has 0 radical (unpaired) electrons. The number of carbonyl (C=O) groups excluding carboxylic acids is 1. The molecule has 4 rings (SSSR count). The predicted molar refractivity (Wildman–Crippen MR) is 126 cm³/mol. The summed E-state index contributed by atoms with van der Waals surface area (Å²) in [5.74, 6) is 0.581. The molecule has 1 N–H and O–H groups in total. The number of fused-ring (bicyclic) bond motifs is 1. The molecule has 0 bridgehead atoms. The molecule has 3 aromatic rings. The summed E-state index contributed by atoms with van der Waals surface area (Å²) in [5.41, 5.74) is 4.68. The molecule has 0 saturated heterocycles. The Morgan fingerprint density at radius 2 is 1.73 bits per heavy atom. The number of aryl methyl sites for hydroxylation is 1. The molecule has 0 atom stereocenters. The molecule has 172 valence electrons. The summed E-state index contributed by atoms with van der Waals surface area (Å²) in [4.78, 5) is 21.0. The number of rotatable bonds is 7. The summed E-state index contributed by atoms with van der Waals surface area (Å²) < 4.78 is 27.1. The lowest BCUT2D eigenvalue weighted by Crippen LogP contribution is -2.37. The van der Waals surface area contributed by atoms with Gasteiger partial charge in [0.2, 0.25) is 11.8 Å². The minimum Gasteiger partial charge on any atom is -0.479 e. The van der Waals surface area contributed by atoms with Crippen LogP contribution in [0.1, 0.15) is 21.7 Å². The normalized spacial score (nSPS) is 13.4. The smallest absolute Gasteiger partial charge is 0.322 e. The average Bonchev–Trinajstić information content (AvgIpc) is 3.38. The zero-order valence-corrected chi connectivity index (χ0v) is 20.3.